The standard InChI is InChI=1S/C11H9N5O/c1-17-10-5-3-2-4-8(10)6-9(7-12)11-13-15-16-14-11/h2-6H,1H3,(H,13,14,15,16)/b9-6+. The van der Waals surface area contributed by atoms with Gasteiger partial charge in [-0.15, -0.1) is 10.2 Å². The van der Waals surface area contributed by atoms with E-state index in [4.69, 9.17) is 10.00 Å². The molecular weight excluding hydrogens is 218 g/mol. The van der Waals surface area contributed by atoms with Gasteiger partial charge in [-0.25, -0.2) is 0 Å². The van der Waals surface area contributed by atoms with Crippen LogP contribution in [0.25, 0.3) is 11.6 Å². The van der Waals surface area contributed by atoms with Crippen molar-refractivity contribution in [3.63, 3.8) is 0 Å². The van der Waals surface area contributed by atoms with Crippen molar-refractivity contribution in [2.45, 2.75) is 0 Å². The fourth-order valence-electron chi connectivity index (χ4n) is 1.36. The lowest BCUT2D eigenvalue weighted by molar-refractivity contribution is 0.414. The van der Waals surface area contributed by atoms with Gasteiger partial charge in [-0.2, -0.15) is 10.5 Å². The highest BCUT2D eigenvalue weighted by Crippen LogP contribution is 2.22. The lowest BCUT2D eigenvalue weighted by Crippen LogP contribution is -1.89. The third kappa shape index (κ3) is 2.29. The highest BCUT2D eigenvalue weighted by atomic mass is 16.5. The van der Waals surface area contributed by atoms with Crippen molar-refractivity contribution in [3.8, 4) is 11.8 Å². The van der Waals surface area contributed by atoms with E-state index in [1.807, 2.05) is 30.3 Å². The largest absolute Gasteiger partial charge is 0.496 e. The number of tetrazole rings is 1. The van der Waals surface area contributed by atoms with Crippen LogP contribution in [0, 0.1) is 11.3 Å². The number of ether oxygens (including phenoxy) is 1. The average Bonchev–Trinajstić information content (AvgIpc) is 2.90. The summed E-state index contributed by atoms with van der Waals surface area (Å²) in [5.41, 5.74) is 1.11. The Bertz CT molecular complexity index is 568. The first-order valence-corrected chi connectivity index (χ1v) is 4.84. The first-order valence-electron chi connectivity index (χ1n) is 4.84. The topological polar surface area (TPSA) is 87.5 Å². The van der Waals surface area contributed by atoms with Crippen molar-refractivity contribution in [1.82, 2.24) is 20.6 Å². The number of hydrogen-bond donors (Lipinski definition) is 1. The Labute approximate surface area is 97.5 Å². The summed E-state index contributed by atoms with van der Waals surface area (Å²) in [5.74, 6) is 0.946. The maximum absolute atomic E-state index is 9.04. The molecule has 1 heterocycles. The van der Waals surface area contributed by atoms with E-state index in [2.05, 4.69) is 20.6 Å². The molecule has 0 fully saturated rings. The summed E-state index contributed by atoms with van der Waals surface area (Å²) in [6, 6.07) is 9.40. The normalized spacial score (nSPS) is 10.9. The van der Waals surface area contributed by atoms with Gasteiger partial charge in [0, 0.05) is 5.56 Å². The lowest BCUT2D eigenvalue weighted by Gasteiger charge is -2.03. The lowest BCUT2D eigenvalue weighted by atomic mass is 10.1. The highest BCUT2D eigenvalue weighted by molar-refractivity contribution is 5.87. The van der Waals surface area contributed by atoms with Gasteiger partial charge in [-0.1, -0.05) is 18.2 Å². The van der Waals surface area contributed by atoms with Crippen molar-refractivity contribution < 1.29 is 4.74 Å². The number of nitriles is 1. The summed E-state index contributed by atoms with van der Waals surface area (Å²) >= 11 is 0. The monoisotopic (exact) mass is 227 g/mol. The summed E-state index contributed by atoms with van der Waals surface area (Å²) in [4.78, 5) is 0. The fourth-order valence-corrected chi connectivity index (χ4v) is 1.36. The Balaban J connectivity index is 2.44. The van der Waals surface area contributed by atoms with Crippen LogP contribution in [0.4, 0.5) is 0 Å². The molecule has 0 saturated carbocycles. The Morgan fingerprint density at radius 3 is 2.94 bits per heavy atom. The van der Waals surface area contributed by atoms with Gasteiger partial charge in [0.25, 0.3) is 0 Å². The first-order chi connectivity index (χ1) is 8.35. The van der Waals surface area contributed by atoms with Gasteiger partial charge in [-0.05, 0) is 17.4 Å². The Kier molecular flexibility index (Phi) is 3.12. The molecule has 0 bridgehead atoms. The minimum Gasteiger partial charge on any atom is -0.496 e. The maximum Gasteiger partial charge on any atom is 0.215 e. The molecule has 1 aromatic heterocycles. The summed E-state index contributed by atoms with van der Waals surface area (Å²) in [5, 5.41) is 22.3. The second kappa shape index (κ2) is 4.90. The van der Waals surface area contributed by atoms with E-state index in [0.717, 1.165) is 5.56 Å². The zero-order valence-electron chi connectivity index (χ0n) is 9.08. The summed E-state index contributed by atoms with van der Waals surface area (Å²) in [7, 11) is 1.58. The molecule has 6 nitrogen and oxygen atoms in total. The number of methoxy groups -OCH3 is 1. The molecule has 1 aromatic carbocycles. The Morgan fingerprint density at radius 2 is 2.29 bits per heavy atom. The molecule has 0 aliphatic rings. The van der Waals surface area contributed by atoms with Crippen LogP contribution in [0.3, 0.4) is 0 Å². The molecule has 6 heteroatoms. The molecule has 84 valence electrons. The quantitative estimate of drug-likeness (QED) is 0.798. The number of aromatic amines is 1. The highest BCUT2D eigenvalue weighted by Gasteiger charge is 2.07. The zero-order chi connectivity index (χ0) is 12.1. The number of hydrogen-bond acceptors (Lipinski definition) is 5. The van der Waals surface area contributed by atoms with E-state index < -0.39 is 0 Å². The molecule has 0 radical (unpaired) electrons. The van der Waals surface area contributed by atoms with Crippen LogP contribution in [0.2, 0.25) is 0 Å². The molecule has 0 spiro atoms. The van der Waals surface area contributed by atoms with E-state index in [-0.39, 0.29) is 5.82 Å². The number of para-hydroxylation sites is 1. The Hall–Kier alpha value is -2.68. The maximum atomic E-state index is 9.04. The first kappa shape index (κ1) is 10.8. The zero-order valence-corrected chi connectivity index (χ0v) is 9.08. The van der Waals surface area contributed by atoms with Crippen molar-refractivity contribution in [1.29, 1.82) is 5.26 Å². The van der Waals surface area contributed by atoms with Gasteiger partial charge >= 0.3 is 0 Å². The Morgan fingerprint density at radius 1 is 1.47 bits per heavy atom. The minimum atomic E-state index is 0.262. The number of benzene rings is 1. The van der Waals surface area contributed by atoms with E-state index >= 15 is 0 Å². The predicted molar refractivity (Wildman–Crippen MR) is 60.7 cm³/mol. The molecule has 0 aliphatic heterocycles. The average molecular weight is 227 g/mol. The van der Waals surface area contributed by atoms with Gasteiger partial charge in [0.05, 0.1) is 7.11 Å². The van der Waals surface area contributed by atoms with E-state index in [1.54, 1.807) is 13.2 Å². The van der Waals surface area contributed by atoms with Crippen LogP contribution in [0.5, 0.6) is 5.75 Å². The molecular formula is C11H9N5O. The number of allylic oxidation sites excluding steroid dienone is 1. The van der Waals surface area contributed by atoms with Gasteiger partial charge in [-0.3, -0.25) is 0 Å². The SMILES string of the molecule is COc1ccccc1/C=C(\C#N)c1nn[nH]n1. The van der Waals surface area contributed by atoms with Crippen molar-refractivity contribution in [3.05, 3.63) is 35.7 Å². The molecule has 2 aromatic rings. The number of aromatic nitrogens is 4. The molecule has 17 heavy (non-hydrogen) atoms. The number of rotatable bonds is 3. The summed E-state index contributed by atoms with van der Waals surface area (Å²) in [6.07, 6.45) is 1.66. The van der Waals surface area contributed by atoms with Gasteiger partial charge < -0.3 is 4.74 Å². The third-order valence-corrected chi connectivity index (χ3v) is 2.15. The van der Waals surface area contributed by atoms with E-state index in [9.17, 15) is 0 Å². The van der Waals surface area contributed by atoms with Crippen molar-refractivity contribution >= 4 is 11.6 Å². The molecule has 1 N–H and O–H groups in total. The molecule has 0 aliphatic carbocycles. The number of nitrogens with zero attached hydrogens (tertiary/aromatic N) is 4. The molecule has 0 amide bonds. The van der Waals surface area contributed by atoms with Crippen LogP contribution in [0.1, 0.15) is 11.4 Å². The second-order valence-corrected chi connectivity index (χ2v) is 3.15. The predicted octanol–water partition coefficient (Wildman–Crippen LogP) is 1.27. The van der Waals surface area contributed by atoms with Gasteiger partial charge in [0.1, 0.15) is 17.4 Å². The van der Waals surface area contributed by atoms with Crippen LogP contribution in [-0.4, -0.2) is 27.7 Å². The van der Waals surface area contributed by atoms with Crippen LogP contribution >= 0.6 is 0 Å². The van der Waals surface area contributed by atoms with Crippen molar-refractivity contribution in [2.24, 2.45) is 0 Å². The molecule has 0 atom stereocenters. The molecule has 0 unspecified atom stereocenters. The number of H-pyrrole nitrogens is 1. The van der Waals surface area contributed by atoms with Crippen LogP contribution < -0.4 is 4.74 Å². The summed E-state index contributed by atoms with van der Waals surface area (Å²) in [6.45, 7) is 0. The smallest absolute Gasteiger partial charge is 0.215 e. The van der Waals surface area contributed by atoms with E-state index in [0.29, 0.717) is 11.3 Å². The molecule has 2 rings (SSSR count). The fraction of sp³-hybridized carbons (Fsp3) is 0.0909. The van der Waals surface area contributed by atoms with Crippen molar-refractivity contribution in [2.75, 3.05) is 7.11 Å². The number of nitrogens with one attached hydrogen (secondary N) is 1. The summed E-state index contributed by atoms with van der Waals surface area (Å²) < 4.78 is 5.19. The van der Waals surface area contributed by atoms with Gasteiger partial charge in [0.15, 0.2) is 0 Å². The van der Waals surface area contributed by atoms with Gasteiger partial charge in [0.2, 0.25) is 5.82 Å². The van der Waals surface area contributed by atoms with Crippen LogP contribution in [-0.2, 0) is 0 Å². The third-order valence-electron chi connectivity index (χ3n) is 2.15. The van der Waals surface area contributed by atoms with E-state index in [1.165, 1.54) is 0 Å². The molecule has 0 saturated heterocycles. The van der Waals surface area contributed by atoms with Crippen LogP contribution in [0.15, 0.2) is 24.3 Å². The minimum absolute atomic E-state index is 0.262. The second-order valence-electron chi connectivity index (χ2n) is 3.15.